The van der Waals surface area contributed by atoms with Crippen molar-refractivity contribution in [1.82, 2.24) is 15.0 Å². The molecule has 38 heavy (non-hydrogen) atoms. The molecule has 0 spiro atoms. The van der Waals surface area contributed by atoms with Gasteiger partial charge in [-0.3, -0.25) is 19.9 Å². The van der Waals surface area contributed by atoms with E-state index >= 15 is 0 Å². The SMILES string of the molecule is COCC#CC(=O)Nc1ccc2nccc(Oc3ccc(C(=O)Nc4nccc(C(F)(F)F)n4)cc3)c2c1. The second-order valence-corrected chi connectivity index (χ2v) is 7.57. The van der Waals surface area contributed by atoms with Gasteiger partial charge < -0.3 is 14.8 Å². The van der Waals surface area contributed by atoms with Gasteiger partial charge in [-0.15, -0.1) is 0 Å². The molecule has 0 radical (unpaired) electrons. The average molecular weight is 521 g/mol. The van der Waals surface area contributed by atoms with Gasteiger partial charge in [-0.05, 0) is 60.5 Å². The summed E-state index contributed by atoms with van der Waals surface area (Å²) in [5, 5.41) is 5.52. The van der Waals surface area contributed by atoms with Crippen molar-refractivity contribution >= 4 is 34.4 Å². The van der Waals surface area contributed by atoms with Crippen LogP contribution in [-0.2, 0) is 15.7 Å². The molecule has 2 aromatic carbocycles. The molecule has 0 unspecified atom stereocenters. The van der Waals surface area contributed by atoms with Gasteiger partial charge in [0.25, 0.3) is 11.8 Å². The van der Waals surface area contributed by atoms with Gasteiger partial charge in [-0.1, -0.05) is 5.92 Å². The Kier molecular flexibility index (Phi) is 7.79. The summed E-state index contributed by atoms with van der Waals surface area (Å²) in [5.41, 5.74) is 0.0781. The summed E-state index contributed by atoms with van der Waals surface area (Å²) in [6, 6.07) is 13.3. The number of carbonyl (C=O) groups excluding carboxylic acids is 2. The molecular formula is C26H18F3N5O4. The van der Waals surface area contributed by atoms with Crippen molar-refractivity contribution in [2.75, 3.05) is 24.4 Å². The summed E-state index contributed by atoms with van der Waals surface area (Å²) in [4.78, 5) is 35.7. The number of carbonyl (C=O) groups is 2. The number of pyridine rings is 1. The minimum atomic E-state index is -4.66. The normalized spacial score (nSPS) is 10.8. The van der Waals surface area contributed by atoms with E-state index in [1.54, 1.807) is 30.5 Å². The first-order chi connectivity index (χ1) is 18.2. The number of aromatic nitrogens is 3. The quantitative estimate of drug-likeness (QED) is 0.354. The number of nitrogens with one attached hydrogen (secondary N) is 2. The molecule has 0 fully saturated rings. The van der Waals surface area contributed by atoms with Crippen LogP contribution in [0.4, 0.5) is 24.8 Å². The van der Waals surface area contributed by atoms with Crippen LogP contribution in [0.5, 0.6) is 11.5 Å². The predicted molar refractivity (Wildman–Crippen MR) is 132 cm³/mol. The van der Waals surface area contributed by atoms with Crippen molar-refractivity contribution < 1.29 is 32.2 Å². The Morgan fingerprint density at radius 1 is 0.974 bits per heavy atom. The van der Waals surface area contributed by atoms with Gasteiger partial charge in [-0.25, -0.2) is 9.97 Å². The maximum absolute atomic E-state index is 12.8. The third-order valence-electron chi connectivity index (χ3n) is 4.89. The smallest absolute Gasteiger partial charge is 0.433 e. The lowest BCUT2D eigenvalue weighted by molar-refractivity contribution is -0.141. The highest BCUT2D eigenvalue weighted by Crippen LogP contribution is 2.31. The first-order valence-corrected chi connectivity index (χ1v) is 10.9. The van der Waals surface area contributed by atoms with Crippen molar-refractivity contribution in [3.63, 3.8) is 0 Å². The summed E-state index contributed by atoms with van der Waals surface area (Å²) in [6.07, 6.45) is -2.20. The molecule has 9 nitrogen and oxygen atoms in total. The van der Waals surface area contributed by atoms with Crippen LogP contribution in [-0.4, -0.2) is 40.5 Å². The van der Waals surface area contributed by atoms with Crippen LogP contribution in [0.1, 0.15) is 16.1 Å². The molecule has 2 N–H and O–H groups in total. The Hall–Kier alpha value is -5.02. The van der Waals surface area contributed by atoms with Crippen LogP contribution in [0, 0.1) is 11.8 Å². The zero-order valence-corrected chi connectivity index (χ0v) is 19.7. The van der Waals surface area contributed by atoms with E-state index in [1.165, 1.54) is 31.4 Å². The van der Waals surface area contributed by atoms with E-state index in [0.717, 1.165) is 6.20 Å². The maximum Gasteiger partial charge on any atom is 0.433 e. The van der Waals surface area contributed by atoms with Gasteiger partial charge in [0.1, 0.15) is 23.8 Å². The molecule has 0 atom stereocenters. The molecule has 0 bridgehead atoms. The van der Waals surface area contributed by atoms with E-state index in [1.807, 2.05) is 0 Å². The molecule has 0 aliphatic rings. The number of nitrogens with zero attached hydrogens (tertiary/aromatic N) is 3. The number of amides is 2. The fourth-order valence-corrected chi connectivity index (χ4v) is 3.19. The fourth-order valence-electron chi connectivity index (χ4n) is 3.19. The molecule has 4 rings (SSSR count). The van der Waals surface area contributed by atoms with Crippen LogP contribution < -0.4 is 15.4 Å². The van der Waals surface area contributed by atoms with Crippen LogP contribution >= 0.6 is 0 Å². The summed E-state index contributed by atoms with van der Waals surface area (Å²) in [7, 11) is 1.47. The van der Waals surface area contributed by atoms with Crippen molar-refractivity contribution in [1.29, 1.82) is 0 Å². The number of benzene rings is 2. The van der Waals surface area contributed by atoms with E-state index < -0.39 is 29.6 Å². The molecule has 0 aliphatic carbocycles. The van der Waals surface area contributed by atoms with Gasteiger partial charge in [0.15, 0.2) is 0 Å². The lowest BCUT2D eigenvalue weighted by atomic mass is 10.1. The van der Waals surface area contributed by atoms with E-state index in [-0.39, 0.29) is 12.2 Å². The lowest BCUT2D eigenvalue weighted by Gasteiger charge is -2.11. The van der Waals surface area contributed by atoms with E-state index in [9.17, 15) is 22.8 Å². The Morgan fingerprint density at radius 3 is 2.47 bits per heavy atom. The Labute approximate surface area is 214 Å². The summed E-state index contributed by atoms with van der Waals surface area (Å²) >= 11 is 0. The fraction of sp³-hybridized carbons (Fsp3) is 0.115. The highest BCUT2D eigenvalue weighted by Gasteiger charge is 2.33. The summed E-state index contributed by atoms with van der Waals surface area (Å²) in [6.45, 7) is 0.131. The minimum Gasteiger partial charge on any atom is -0.457 e. The molecule has 192 valence electrons. The topological polar surface area (TPSA) is 115 Å². The molecule has 0 saturated carbocycles. The van der Waals surface area contributed by atoms with Crippen LogP contribution in [0.15, 0.2) is 67.0 Å². The zero-order chi connectivity index (χ0) is 27.1. The molecule has 4 aromatic rings. The van der Waals surface area contributed by atoms with Crippen LogP contribution in [0.25, 0.3) is 10.9 Å². The molecule has 2 amide bonds. The highest BCUT2D eigenvalue weighted by molar-refractivity contribution is 6.05. The van der Waals surface area contributed by atoms with Gasteiger partial charge in [0.2, 0.25) is 5.95 Å². The van der Waals surface area contributed by atoms with Crippen molar-refractivity contribution in [2.24, 2.45) is 0 Å². The number of hydrogen-bond acceptors (Lipinski definition) is 7. The second-order valence-electron chi connectivity index (χ2n) is 7.57. The Morgan fingerprint density at radius 2 is 1.74 bits per heavy atom. The highest BCUT2D eigenvalue weighted by atomic mass is 19.4. The largest absolute Gasteiger partial charge is 0.457 e. The lowest BCUT2D eigenvalue weighted by Crippen LogP contribution is -2.16. The number of halogens is 3. The van der Waals surface area contributed by atoms with Crippen LogP contribution in [0.2, 0.25) is 0 Å². The molecule has 2 aromatic heterocycles. The Bertz CT molecular complexity index is 1550. The molecule has 0 saturated heterocycles. The third kappa shape index (κ3) is 6.59. The summed E-state index contributed by atoms with van der Waals surface area (Å²) in [5.74, 6) is 4.13. The number of fused-ring (bicyclic) bond motifs is 1. The van der Waals surface area contributed by atoms with Crippen molar-refractivity contribution in [3.8, 4) is 23.3 Å². The predicted octanol–water partition coefficient (Wildman–Crippen LogP) is 4.68. The average Bonchev–Trinajstić information content (AvgIpc) is 2.89. The Balaban J connectivity index is 1.48. The maximum atomic E-state index is 12.8. The van der Waals surface area contributed by atoms with Gasteiger partial charge in [-0.2, -0.15) is 13.2 Å². The number of methoxy groups -OCH3 is 1. The molecule has 2 heterocycles. The first-order valence-electron chi connectivity index (χ1n) is 10.9. The molecule has 12 heteroatoms. The third-order valence-corrected chi connectivity index (χ3v) is 4.89. The number of alkyl halides is 3. The van der Waals surface area contributed by atoms with Crippen molar-refractivity contribution in [2.45, 2.75) is 6.18 Å². The number of rotatable bonds is 6. The van der Waals surface area contributed by atoms with Gasteiger partial charge in [0.05, 0.1) is 5.52 Å². The molecular weight excluding hydrogens is 503 g/mol. The zero-order valence-electron chi connectivity index (χ0n) is 19.7. The van der Waals surface area contributed by atoms with Gasteiger partial charge >= 0.3 is 6.18 Å². The minimum absolute atomic E-state index is 0.131. The van der Waals surface area contributed by atoms with Gasteiger partial charge in [0, 0.05) is 36.1 Å². The van der Waals surface area contributed by atoms with Crippen molar-refractivity contribution in [3.05, 3.63) is 78.2 Å². The van der Waals surface area contributed by atoms with E-state index in [4.69, 9.17) is 9.47 Å². The van der Waals surface area contributed by atoms with E-state index in [0.29, 0.717) is 34.2 Å². The first kappa shape index (κ1) is 26.1. The molecule has 0 aliphatic heterocycles. The monoisotopic (exact) mass is 521 g/mol. The number of hydrogen-bond donors (Lipinski definition) is 2. The standard InChI is InChI=1S/C26H18F3N5O4/c1-37-14-2-3-23(35)32-17-6-9-20-19(15-17)21(10-12-30-20)38-18-7-4-16(5-8-18)24(36)34-25-31-13-11-22(33-25)26(27,28)29/h4-13,15H,14H2,1H3,(H,32,35)(H,31,33,34,36). The number of anilines is 2. The summed E-state index contributed by atoms with van der Waals surface area (Å²) < 4.78 is 49.3. The number of ether oxygens (including phenoxy) is 2. The van der Waals surface area contributed by atoms with Crippen LogP contribution in [0.3, 0.4) is 0 Å². The van der Waals surface area contributed by atoms with E-state index in [2.05, 4.69) is 37.4 Å². The second kappa shape index (κ2) is 11.4.